The first kappa shape index (κ1) is 13.1. The molecule has 0 spiro atoms. The topological polar surface area (TPSA) is 70.6 Å². The van der Waals surface area contributed by atoms with E-state index in [0.717, 1.165) is 10.2 Å². The SMILES string of the molecule is CC(C/C(N)=N/O)Nc1cc(Cl)ccc1Br. The monoisotopic (exact) mass is 305 g/mol. The first-order valence-corrected chi connectivity index (χ1v) is 5.88. The van der Waals surface area contributed by atoms with Gasteiger partial charge < -0.3 is 16.3 Å². The molecule has 0 aliphatic heterocycles. The Morgan fingerprint density at radius 3 is 3.00 bits per heavy atom. The molecule has 0 aliphatic carbocycles. The van der Waals surface area contributed by atoms with Crippen molar-refractivity contribution in [1.29, 1.82) is 0 Å². The van der Waals surface area contributed by atoms with E-state index in [0.29, 0.717) is 11.4 Å². The van der Waals surface area contributed by atoms with Crippen molar-refractivity contribution in [1.82, 2.24) is 0 Å². The number of benzene rings is 1. The standard InChI is InChI=1S/C10H13BrClN3O/c1-6(4-10(13)15-16)14-9-5-7(12)2-3-8(9)11/h2-3,5-6,14,16H,4H2,1H3,(H2,13,15). The van der Waals surface area contributed by atoms with Gasteiger partial charge in [-0.25, -0.2) is 0 Å². The Bertz CT molecular complexity index is 398. The van der Waals surface area contributed by atoms with Crippen LogP contribution in [0, 0.1) is 0 Å². The predicted molar refractivity (Wildman–Crippen MR) is 70.3 cm³/mol. The Hall–Kier alpha value is -0.940. The normalized spacial score (nSPS) is 13.6. The Morgan fingerprint density at radius 2 is 2.38 bits per heavy atom. The first-order valence-electron chi connectivity index (χ1n) is 4.71. The second-order valence-corrected chi connectivity index (χ2v) is 4.76. The van der Waals surface area contributed by atoms with Gasteiger partial charge in [0, 0.05) is 22.0 Å². The lowest BCUT2D eigenvalue weighted by molar-refractivity contribution is 0.316. The summed E-state index contributed by atoms with van der Waals surface area (Å²) in [5, 5.41) is 15.2. The molecule has 0 saturated carbocycles. The molecule has 1 unspecified atom stereocenters. The van der Waals surface area contributed by atoms with Gasteiger partial charge in [-0.15, -0.1) is 0 Å². The fourth-order valence-corrected chi connectivity index (χ4v) is 1.81. The average Bonchev–Trinajstić information content (AvgIpc) is 2.23. The van der Waals surface area contributed by atoms with Crippen molar-refractivity contribution in [2.75, 3.05) is 5.32 Å². The minimum atomic E-state index is 0.0469. The summed E-state index contributed by atoms with van der Waals surface area (Å²) in [5.41, 5.74) is 6.30. The molecule has 0 bridgehead atoms. The maximum Gasteiger partial charge on any atom is 0.141 e. The molecular formula is C10H13BrClN3O. The highest BCUT2D eigenvalue weighted by Gasteiger charge is 2.07. The summed E-state index contributed by atoms with van der Waals surface area (Å²) < 4.78 is 0.920. The lowest BCUT2D eigenvalue weighted by atomic mass is 10.2. The van der Waals surface area contributed by atoms with Gasteiger partial charge in [0.15, 0.2) is 0 Å². The van der Waals surface area contributed by atoms with E-state index < -0.39 is 0 Å². The van der Waals surface area contributed by atoms with Gasteiger partial charge in [0.05, 0.1) is 5.69 Å². The molecule has 0 heterocycles. The fraction of sp³-hybridized carbons (Fsp3) is 0.300. The van der Waals surface area contributed by atoms with Crippen LogP contribution in [0.3, 0.4) is 0 Å². The molecule has 1 rings (SSSR count). The van der Waals surface area contributed by atoms with Crippen molar-refractivity contribution in [2.24, 2.45) is 10.9 Å². The van der Waals surface area contributed by atoms with Crippen LogP contribution >= 0.6 is 27.5 Å². The van der Waals surface area contributed by atoms with Crippen molar-refractivity contribution in [3.05, 3.63) is 27.7 Å². The number of oxime groups is 1. The van der Waals surface area contributed by atoms with E-state index in [9.17, 15) is 0 Å². The molecule has 6 heteroatoms. The zero-order chi connectivity index (χ0) is 12.1. The molecule has 0 aliphatic rings. The van der Waals surface area contributed by atoms with Crippen molar-refractivity contribution < 1.29 is 5.21 Å². The molecule has 0 saturated heterocycles. The maximum atomic E-state index is 8.45. The largest absolute Gasteiger partial charge is 0.409 e. The molecule has 1 aromatic carbocycles. The first-order chi connectivity index (χ1) is 7.52. The van der Waals surface area contributed by atoms with E-state index in [1.807, 2.05) is 19.1 Å². The van der Waals surface area contributed by atoms with Crippen LogP contribution in [-0.2, 0) is 0 Å². The zero-order valence-corrected chi connectivity index (χ0v) is 11.1. The number of hydrogen-bond donors (Lipinski definition) is 3. The van der Waals surface area contributed by atoms with Crippen LogP contribution in [0.5, 0.6) is 0 Å². The number of nitrogens with zero attached hydrogens (tertiary/aromatic N) is 1. The van der Waals surface area contributed by atoms with Crippen molar-refractivity contribution in [3.63, 3.8) is 0 Å². The van der Waals surface area contributed by atoms with Crippen LogP contribution in [0.25, 0.3) is 0 Å². The maximum absolute atomic E-state index is 8.45. The molecule has 88 valence electrons. The number of amidine groups is 1. The van der Waals surface area contributed by atoms with Crippen LogP contribution in [0.2, 0.25) is 5.02 Å². The zero-order valence-electron chi connectivity index (χ0n) is 8.74. The van der Waals surface area contributed by atoms with Crippen molar-refractivity contribution in [2.45, 2.75) is 19.4 Å². The van der Waals surface area contributed by atoms with Gasteiger partial charge >= 0.3 is 0 Å². The summed E-state index contributed by atoms with van der Waals surface area (Å²) >= 11 is 9.29. The molecule has 0 amide bonds. The second kappa shape index (κ2) is 5.96. The molecule has 4 nitrogen and oxygen atoms in total. The molecule has 0 fully saturated rings. The Kier molecular flexibility index (Phi) is 4.89. The summed E-state index contributed by atoms with van der Waals surface area (Å²) in [7, 11) is 0. The third kappa shape index (κ3) is 3.90. The van der Waals surface area contributed by atoms with E-state index >= 15 is 0 Å². The predicted octanol–water partition coefficient (Wildman–Crippen LogP) is 3.04. The summed E-state index contributed by atoms with van der Waals surface area (Å²) in [5.74, 6) is 0.193. The molecule has 0 radical (unpaired) electrons. The number of nitrogens with one attached hydrogen (secondary N) is 1. The van der Waals surface area contributed by atoms with Crippen LogP contribution in [0.1, 0.15) is 13.3 Å². The molecular weight excluding hydrogens is 293 g/mol. The van der Waals surface area contributed by atoms with Crippen molar-refractivity contribution in [3.8, 4) is 0 Å². The van der Waals surface area contributed by atoms with Gasteiger partial charge in [-0.3, -0.25) is 0 Å². The van der Waals surface area contributed by atoms with E-state index in [-0.39, 0.29) is 11.9 Å². The summed E-state index contributed by atoms with van der Waals surface area (Å²) in [4.78, 5) is 0. The highest BCUT2D eigenvalue weighted by molar-refractivity contribution is 9.10. The van der Waals surface area contributed by atoms with Crippen LogP contribution in [-0.4, -0.2) is 17.1 Å². The lowest BCUT2D eigenvalue weighted by Gasteiger charge is -2.15. The number of hydrogen-bond acceptors (Lipinski definition) is 3. The molecule has 16 heavy (non-hydrogen) atoms. The fourth-order valence-electron chi connectivity index (χ4n) is 1.28. The van der Waals surface area contributed by atoms with E-state index in [2.05, 4.69) is 26.4 Å². The number of halogens is 2. The van der Waals surface area contributed by atoms with Gasteiger partial charge in [0.25, 0.3) is 0 Å². The average molecular weight is 307 g/mol. The van der Waals surface area contributed by atoms with Gasteiger partial charge in [0.1, 0.15) is 5.84 Å². The lowest BCUT2D eigenvalue weighted by Crippen LogP contribution is -2.24. The molecule has 0 aromatic heterocycles. The Morgan fingerprint density at radius 1 is 1.69 bits per heavy atom. The Labute approximate surface area is 108 Å². The highest BCUT2D eigenvalue weighted by Crippen LogP contribution is 2.26. The van der Waals surface area contributed by atoms with Gasteiger partial charge in [0.2, 0.25) is 0 Å². The minimum absolute atomic E-state index is 0.0469. The Balaban J connectivity index is 2.69. The number of nitrogens with two attached hydrogens (primary N) is 1. The third-order valence-corrected chi connectivity index (χ3v) is 2.90. The summed E-state index contributed by atoms with van der Waals surface area (Å²) in [6.07, 6.45) is 0.454. The smallest absolute Gasteiger partial charge is 0.141 e. The van der Waals surface area contributed by atoms with E-state index in [4.69, 9.17) is 22.5 Å². The second-order valence-electron chi connectivity index (χ2n) is 3.47. The number of rotatable bonds is 4. The van der Waals surface area contributed by atoms with Crippen LogP contribution in [0.15, 0.2) is 27.8 Å². The molecule has 4 N–H and O–H groups in total. The quantitative estimate of drug-likeness (QED) is 0.346. The van der Waals surface area contributed by atoms with E-state index in [1.165, 1.54) is 0 Å². The van der Waals surface area contributed by atoms with Gasteiger partial charge in [-0.1, -0.05) is 16.8 Å². The van der Waals surface area contributed by atoms with Crippen molar-refractivity contribution >= 4 is 39.1 Å². The van der Waals surface area contributed by atoms with E-state index in [1.54, 1.807) is 6.07 Å². The van der Waals surface area contributed by atoms with Crippen LogP contribution < -0.4 is 11.1 Å². The molecule has 1 aromatic rings. The molecule has 1 atom stereocenters. The minimum Gasteiger partial charge on any atom is -0.409 e. The summed E-state index contributed by atoms with van der Waals surface area (Å²) in [6, 6.07) is 5.52. The summed E-state index contributed by atoms with van der Waals surface area (Å²) in [6.45, 7) is 1.94. The third-order valence-electron chi connectivity index (χ3n) is 1.97. The highest BCUT2D eigenvalue weighted by atomic mass is 79.9. The number of anilines is 1. The van der Waals surface area contributed by atoms with Gasteiger partial charge in [-0.2, -0.15) is 0 Å². The van der Waals surface area contributed by atoms with Crippen LogP contribution in [0.4, 0.5) is 5.69 Å². The van der Waals surface area contributed by atoms with Gasteiger partial charge in [-0.05, 0) is 41.1 Å².